The highest BCUT2D eigenvalue weighted by Crippen LogP contribution is 2.11. The lowest BCUT2D eigenvalue weighted by atomic mass is 10.1. The summed E-state index contributed by atoms with van der Waals surface area (Å²) >= 11 is 0. The summed E-state index contributed by atoms with van der Waals surface area (Å²) in [6, 6.07) is 5.16. The van der Waals surface area contributed by atoms with Crippen LogP contribution in [0.3, 0.4) is 0 Å². The Bertz CT molecular complexity index is 476. The van der Waals surface area contributed by atoms with Gasteiger partial charge in [0.05, 0.1) is 6.61 Å². The maximum atomic E-state index is 12.9. The summed E-state index contributed by atoms with van der Waals surface area (Å²) in [7, 11) is 0. The number of nitrogens with one attached hydrogen (secondary N) is 1. The number of aliphatic hydroxyl groups is 1. The fourth-order valence-corrected chi connectivity index (χ4v) is 1.90. The van der Waals surface area contributed by atoms with Crippen molar-refractivity contribution < 1.29 is 19.1 Å². The molecular weight excluding hydrogens is 275 g/mol. The molecule has 1 aromatic carbocycles. The first-order valence-corrected chi connectivity index (χ1v) is 6.92. The van der Waals surface area contributed by atoms with E-state index in [-0.39, 0.29) is 43.7 Å². The van der Waals surface area contributed by atoms with Crippen molar-refractivity contribution in [1.82, 2.24) is 10.2 Å². The quantitative estimate of drug-likeness (QED) is 0.790. The first-order chi connectivity index (χ1) is 9.99. The van der Waals surface area contributed by atoms with E-state index in [1.54, 1.807) is 26.0 Å². The van der Waals surface area contributed by atoms with Gasteiger partial charge in [0.1, 0.15) is 11.9 Å². The second-order valence-corrected chi connectivity index (χ2v) is 4.69. The van der Waals surface area contributed by atoms with Gasteiger partial charge in [0.15, 0.2) is 0 Å². The van der Waals surface area contributed by atoms with E-state index in [4.69, 9.17) is 5.11 Å². The Morgan fingerprint density at radius 1 is 1.33 bits per heavy atom. The molecular formula is C15H21FN2O3. The smallest absolute Gasteiger partial charge is 0.242 e. The summed E-state index contributed by atoms with van der Waals surface area (Å²) in [4.78, 5) is 25.4. The summed E-state index contributed by atoms with van der Waals surface area (Å²) in [6.45, 7) is 3.58. The number of nitrogens with zero attached hydrogens (tertiary/aromatic N) is 1. The standard InChI is InChI=1S/C15H21FN2O3/c1-3-14(20)18(11(2)15(21)17-8-9-19)10-12-4-6-13(16)7-5-12/h4-7,11,19H,3,8-10H2,1-2H3,(H,17,21). The Balaban J connectivity index is 2.82. The largest absolute Gasteiger partial charge is 0.395 e. The van der Waals surface area contributed by atoms with Crippen molar-refractivity contribution in [1.29, 1.82) is 0 Å². The topological polar surface area (TPSA) is 69.6 Å². The zero-order valence-corrected chi connectivity index (χ0v) is 12.3. The Labute approximate surface area is 123 Å². The molecule has 1 atom stereocenters. The summed E-state index contributed by atoms with van der Waals surface area (Å²) < 4.78 is 12.9. The van der Waals surface area contributed by atoms with Crippen LogP contribution in [0.4, 0.5) is 4.39 Å². The van der Waals surface area contributed by atoms with E-state index in [1.807, 2.05) is 0 Å². The van der Waals surface area contributed by atoms with Crippen LogP contribution in [0.1, 0.15) is 25.8 Å². The molecule has 0 aliphatic carbocycles. The van der Waals surface area contributed by atoms with Crippen molar-refractivity contribution in [3.8, 4) is 0 Å². The van der Waals surface area contributed by atoms with Gasteiger partial charge < -0.3 is 15.3 Å². The summed E-state index contributed by atoms with van der Waals surface area (Å²) in [5.41, 5.74) is 0.750. The Hall–Kier alpha value is -1.95. The molecule has 0 saturated carbocycles. The molecule has 1 aromatic rings. The summed E-state index contributed by atoms with van der Waals surface area (Å²) in [6.07, 6.45) is 0.277. The van der Waals surface area contributed by atoms with Crippen molar-refractivity contribution in [2.24, 2.45) is 0 Å². The zero-order valence-electron chi connectivity index (χ0n) is 12.3. The van der Waals surface area contributed by atoms with E-state index >= 15 is 0 Å². The second kappa shape index (κ2) is 8.36. The van der Waals surface area contributed by atoms with Crippen LogP contribution < -0.4 is 5.32 Å². The molecule has 1 rings (SSSR count). The maximum absolute atomic E-state index is 12.9. The monoisotopic (exact) mass is 296 g/mol. The van der Waals surface area contributed by atoms with Crippen molar-refractivity contribution in [2.45, 2.75) is 32.9 Å². The molecule has 1 unspecified atom stereocenters. The normalized spacial score (nSPS) is 11.8. The average Bonchev–Trinajstić information content (AvgIpc) is 2.50. The fraction of sp³-hybridized carbons (Fsp3) is 0.467. The number of rotatable bonds is 7. The molecule has 0 radical (unpaired) electrons. The van der Waals surface area contributed by atoms with Gasteiger partial charge in [-0.15, -0.1) is 0 Å². The van der Waals surface area contributed by atoms with Gasteiger partial charge >= 0.3 is 0 Å². The van der Waals surface area contributed by atoms with Gasteiger partial charge in [0, 0.05) is 19.5 Å². The third-order valence-electron chi connectivity index (χ3n) is 3.15. The van der Waals surface area contributed by atoms with Crippen molar-refractivity contribution in [3.63, 3.8) is 0 Å². The van der Waals surface area contributed by atoms with Crippen LogP contribution in [0, 0.1) is 5.82 Å². The van der Waals surface area contributed by atoms with Crippen molar-refractivity contribution in [2.75, 3.05) is 13.2 Å². The summed E-state index contributed by atoms with van der Waals surface area (Å²) in [5, 5.41) is 11.3. The first-order valence-electron chi connectivity index (χ1n) is 6.92. The minimum absolute atomic E-state index is 0.147. The first kappa shape index (κ1) is 17.1. The van der Waals surface area contributed by atoms with Gasteiger partial charge in [-0.25, -0.2) is 4.39 Å². The molecule has 0 bridgehead atoms. The van der Waals surface area contributed by atoms with E-state index in [2.05, 4.69) is 5.32 Å². The number of hydrogen-bond donors (Lipinski definition) is 2. The third-order valence-corrected chi connectivity index (χ3v) is 3.15. The predicted molar refractivity (Wildman–Crippen MR) is 76.8 cm³/mol. The lowest BCUT2D eigenvalue weighted by Crippen LogP contribution is -2.47. The SMILES string of the molecule is CCC(=O)N(Cc1ccc(F)cc1)C(C)C(=O)NCCO. The van der Waals surface area contributed by atoms with Gasteiger partial charge in [0.2, 0.25) is 11.8 Å². The Morgan fingerprint density at radius 2 is 1.95 bits per heavy atom. The average molecular weight is 296 g/mol. The van der Waals surface area contributed by atoms with Gasteiger partial charge in [-0.1, -0.05) is 19.1 Å². The molecule has 0 fully saturated rings. The maximum Gasteiger partial charge on any atom is 0.242 e. The summed E-state index contributed by atoms with van der Waals surface area (Å²) in [5.74, 6) is -0.834. The zero-order chi connectivity index (χ0) is 15.8. The van der Waals surface area contributed by atoms with Crippen LogP contribution in [0.15, 0.2) is 24.3 Å². The number of amides is 2. The van der Waals surface area contributed by atoms with E-state index in [0.29, 0.717) is 0 Å². The molecule has 2 amide bonds. The Morgan fingerprint density at radius 3 is 2.48 bits per heavy atom. The number of benzene rings is 1. The van der Waals surface area contributed by atoms with E-state index in [0.717, 1.165) is 5.56 Å². The predicted octanol–water partition coefficient (Wildman–Crippen LogP) is 1.06. The van der Waals surface area contributed by atoms with Gasteiger partial charge in [-0.3, -0.25) is 9.59 Å². The minimum atomic E-state index is -0.658. The molecule has 0 aliphatic heterocycles. The van der Waals surface area contributed by atoms with E-state index in [9.17, 15) is 14.0 Å². The molecule has 0 saturated heterocycles. The van der Waals surface area contributed by atoms with E-state index < -0.39 is 6.04 Å². The Kier molecular flexibility index (Phi) is 6.81. The molecule has 6 heteroatoms. The highest BCUT2D eigenvalue weighted by atomic mass is 19.1. The van der Waals surface area contributed by atoms with Crippen LogP contribution in [0.25, 0.3) is 0 Å². The molecule has 0 spiro atoms. The molecule has 2 N–H and O–H groups in total. The number of halogens is 1. The molecule has 0 aliphatic rings. The van der Waals surface area contributed by atoms with Gasteiger partial charge in [-0.05, 0) is 24.6 Å². The van der Waals surface area contributed by atoms with Crippen LogP contribution in [-0.2, 0) is 16.1 Å². The minimum Gasteiger partial charge on any atom is -0.395 e. The second-order valence-electron chi connectivity index (χ2n) is 4.69. The number of carbonyl (C=O) groups excluding carboxylic acids is 2. The van der Waals surface area contributed by atoms with Crippen LogP contribution in [-0.4, -0.2) is 41.0 Å². The van der Waals surface area contributed by atoms with Crippen LogP contribution in [0.5, 0.6) is 0 Å². The van der Waals surface area contributed by atoms with Gasteiger partial charge in [-0.2, -0.15) is 0 Å². The van der Waals surface area contributed by atoms with E-state index in [1.165, 1.54) is 17.0 Å². The highest BCUT2D eigenvalue weighted by molar-refractivity contribution is 5.87. The van der Waals surface area contributed by atoms with Gasteiger partial charge in [0.25, 0.3) is 0 Å². The lowest BCUT2D eigenvalue weighted by Gasteiger charge is -2.28. The molecule has 5 nitrogen and oxygen atoms in total. The molecule has 0 heterocycles. The van der Waals surface area contributed by atoms with Crippen LogP contribution >= 0.6 is 0 Å². The third kappa shape index (κ3) is 5.15. The number of hydrogen-bond acceptors (Lipinski definition) is 3. The van der Waals surface area contributed by atoms with Crippen molar-refractivity contribution >= 4 is 11.8 Å². The number of carbonyl (C=O) groups is 2. The lowest BCUT2D eigenvalue weighted by molar-refractivity contribution is -0.140. The van der Waals surface area contributed by atoms with Crippen molar-refractivity contribution in [3.05, 3.63) is 35.6 Å². The molecule has 21 heavy (non-hydrogen) atoms. The number of aliphatic hydroxyl groups excluding tert-OH is 1. The van der Waals surface area contributed by atoms with Crippen LogP contribution in [0.2, 0.25) is 0 Å². The molecule has 116 valence electrons. The fourth-order valence-electron chi connectivity index (χ4n) is 1.90. The molecule has 0 aromatic heterocycles. The highest BCUT2D eigenvalue weighted by Gasteiger charge is 2.24.